The van der Waals surface area contributed by atoms with Gasteiger partial charge in [-0.15, -0.1) is 0 Å². The molecule has 0 saturated carbocycles. The molecule has 0 spiro atoms. The first-order valence-corrected chi connectivity index (χ1v) is 8.16. The van der Waals surface area contributed by atoms with E-state index in [2.05, 4.69) is 51.1 Å². The van der Waals surface area contributed by atoms with Gasteiger partial charge < -0.3 is 4.74 Å². The molecule has 0 amide bonds. The van der Waals surface area contributed by atoms with E-state index in [0.717, 1.165) is 12.3 Å². The molecule has 1 aromatic carbocycles. The molecule has 0 unspecified atom stereocenters. The molecule has 0 radical (unpaired) electrons. The van der Waals surface area contributed by atoms with Gasteiger partial charge in [-0.3, -0.25) is 0 Å². The second-order valence-corrected chi connectivity index (χ2v) is 6.57. The first-order valence-electron chi connectivity index (χ1n) is 8.16. The van der Waals surface area contributed by atoms with Crippen LogP contribution in [0.15, 0.2) is 30.3 Å². The summed E-state index contributed by atoms with van der Waals surface area (Å²) in [6.45, 7) is 6.68. The minimum absolute atomic E-state index is 0.00972. The van der Waals surface area contributed by atoms with Crippen molar-refractivity contribution in [2.45, 2.75) is 71.3 Å². The van der Waals surface area contributed by atoms with Gasteiger partial charge in [0.1, 0.15) is 0 Å². The van der Waals surface area contributed by atoms with E-state index in [1.165, 1.54) is 44.1 Å². The third kappa shape index (κ3) is 7.09. The number of hydrogen-bond donors (Lipinski definition) is 0. The predicted molar refractivity (Wildman–Crippen MR) is 88.1 cm³/mol. The average molecular weight is 276 g/mol. The Morgan fingerprint density at radius 1 is 1.05 bits per heavy atom. The molecule has 1 nitrogen and oxygen atoms in total. The molecule has 0 aromatic heterocycles. The Bertz CT molecular complexity index is 342. The van der Waals surface area contributed by atoms with Crippen LogP contribution in [0.1, 0.15) is 64.9 Å². The van der Waals surface area contributed by atoms with E-state index in [-0.39, 0.29) is 5.60 Å². The van der Waals surface area contributed by atoms with Crippen LogP contribution in [0.2, 0.25) is 0 Å². The average Bonchev–Trinajstić information content (AvgIpc) is 2.44. The van der Waals surface area contributed by atoms with Gasteiger partial charge in [0.25, 0.3) is 0 Å². The summed E-state index contributed by atoms with van der Waals surface area (Å²) >= 11 is 0. The van der Waals surface area contributed by atoms with Crippen LogP contribution in [-0.2, 0) is 11.2 Å². The summed E-state index contributed by atoms with van der Waals surface area (Å²) in [5, 5.41) is 0. The quantitative estimate of drug-likeness (QED) is 0.503. The van der Waals surface area contributed by atoms with Crippen molar-refractivity contribution in [3.8, 4) is 0 Å². The van der Waals surface area contributed by atoms with Gasteiger partial charge in [0.2, 0.25) is 0 Å². The predicted octanol–water partition coefficient (Wildman–Crippen LogP) is 5.63. The maximum atomic E-state index is 5.63. The Hall–Kier alpha value is -0.820. The minimum atomic E-state index is -0.00972. The highest BCUT2D eigenvalue weighted by molar-refractivity contribution is 5.15. The van der Waals surface area contributed by atoms with Crippen molar-refractivity contribution in [3.63, 3.8) is 0 Å². The second kappa shape index (κ2) is 9.18. The lowest BCUT2D eigenvalue weighted by Gasteiger charge is -2.29. The summed E-state index contributed by atoms with van der Waals surface area (Å²) in [7, 11) is 1.83. The zero-order chi connectivity index (χ0) is 14.8. The van der Waals surface area contributed by atoms with Crippen LogP contribution in [0.4, 0.5) is 0 Å². The van der Waals surface area contributed by atoms with E-state index >= 15 is 0 Å². The van der Waals surface area contributed by atoms with Crippen LogP contribution >= 0.6 is 0 Å². The molecule has 1 heteroatoms. The van der Waals surface area contributed by atoms with Gasteiger partial charge in [-0.2, -0.15) is 0 Å². The number of benzene rings is 1. The first kappa shape index (κ1) is 17.2. The zero-order valence-corrected chi connectivity index (χ0v) is 13.8. The standard InChI is InChI=1S/C19H32O/c1-5-6-7-9-14-18(16-19(2,3)20-4)15-17-12-10-8-11-13-17/h8,10-13,18H,5-7,9,14-16H2,1-4H3/t18-/m0/s1. The molecule has 1 atom stereocenters. The minimum Gasteiger partial charge on any atom is -0.379 e. The van der Waals surface area contributed by atoms with E-state index in [1.54, 1.807) is 0 Å². The summed E-state index contributed by atoms with van der Waals surface area (Å²) in [6, 6.07) is 10.9. The molecule has 0 N–H and O–H groups in total. The second-order valence-electron chi connectivity index (χ2n) is 6.57. The Labute approximate surface area is 125 Å². The van der Waals surface area contributed by atoms with Crippen LogP contribution in [0.25, 0.3) is 0 Å². The van der Waals surface area contributed by atoms with Gasteiger partial charge in [-0.1, -0.05) is 69.4 Å². The molecule has 1 rings (SSSR count). The molecule has 0 aliphatic rings. The SMILES string of the molecule is CCCCCC[C@@H](Cc1ccccc1)CC(C)(C)OC. The van der Waals surface area contributed by atoms with Crippen molar-refractivity contribution >= 4 is 0 Å². The van der Waals surface area contributed by atoms with Gasteiger partial charge in [-0.25, -0.2) is 0 Å². The number of hydrogen-bond acceptors (Lipinski definition) is 1. The summed E-state index contributed by atoms with van der Waals surface area (Å²) < 4.78 is 5.63. The van der Waals surface area contributed by atoms with E-state index in [9.17, 15) is 0 Å². The van der Waals surface area contributed by atoms with Crippen molar-refractivity contribution in [2.75, 3.05) is 7.11 Å². The van der Waals surface area contributed by atoms with Gasteiger partial charge in [-0.05, 0) is 38.2 Å². The molecular formula is C19H32O. The largest absolute Gasteiger partial charge is 0.379 e. The van der Waals surface area contributed by atoms with Crippen LogP contribution in [0, 0.1) is 5.92 Å². The van der Waals surface area contributed by atoms with Crippen molar-refractivity contribution in [1.29, 1.82) is 0 Å². The molecule has 0 saturated heterocycles. The Morgan fingerprint density at radius 2 is 1.75 bits per heavy atom. The maximum Gasteiger partial charge on any atom is 0.0625 e. The first-order chi connectivity index (χ1) is 9.57. The van der Waals surface area contributed by atoms with Crippen molar-refractivity contribution in [1.82, 2.24) is 0 Å². The van der Waals surface area contributed by atoms with Crippen molar-refractivity contribution in [2.24, 2.45) is 5.92 Å². The summed E-state index contributed by atoms with van der Waals surface area (Å²) in [4.78, 5) is 0. The van der Waals surface area contributed by atoms with Gasteiger partial charge >= 0.3 is 0 Å². The molecule has 0 aliphatic carbocycles. The number of methoxy groups -OCH3 is 1. The lowest BCUT2D eigenvalue weighted by atomic mass is 9.85. The summed E-state index contributed by atoms with van der Waals surface area (Å²) in [5.41, 5.74) is 1.45. The van der Waals surface area contributed by atoms with Crippen molar-refractivity contribution in [3.05, 3.63) is 35.9 Å². The normalized spacial score (nSPS) is 13.4. The highest BCUT2D eigenvalue weighted by Gasteiger charge is 2.22. The third-order valence-corrected chi connectivity index (χ3v) is 4.17. The zero-order valence-electron chi connectivity index (χ0n) is 13.8. The van der Waals surface area contributed by atoms with Crippen LogP contribution in [0.3, 0.4) is 0 Å². The van der Waals surface area contributed by atoms with Crippen LogP contribution in [0.5, 0.6) is 0 Å². The number of rotatable bonds is 10. The highest BCUT2D eigenvalue weighted by atomic mass is 16.5. The molecule has 0 heterocycles. The lowest BCUT2D eigenvalue weighted by molar-refractivity contribution is 0.000731. The van der Waals surface area contributed by atoms with Crippen molar-refractivity contribution < 1.29 is 4.74 Å². The Kier molecular flexibility index (Phi) is 7.91. The maximum absolute atomic E-state index is 5.63. The Balaban J connectivity index is 2.54. The fourth-order valence-electron chi connectivity index (χ4n) is 2.86. The van der Waals surface area contributed by atoms with E-state index in [0.29, 0.717) is 0 Å². The van der Waals surface area contributed by atoms with Gasteiger partial charge in [0, 0.05) is 7.11 Å². The summed E-state index contributed by atoms with van der Waals surface area (Å²) in [5.74, 6) is 0.726. The van der Waals surface area contributed by atoms with Crippen LogP contribution in [-0.4, -0.2) is 12.7 Å². The monoisotopic (exact) mass is 276 g/mol. The van der Waals surface area contributed by atoms with Gasteiger partial charge in [0.15, 0.2) is 0 Å². The fraction of sp³-hybridized carbons (Fsp3) is 0.684. The lowest BCUT2D eigenvalue weighted by Crippen LogP contribution is -2.27. The molecule has 0 bridgehead atoms. The molecule has 114 valence electrons. The van der Waals surface area contributed by atoms with Gasteiger partial charge in [0.05, 0.1) is 5.60 Å². The smallest absolute Gasteiger partial charge is 0.0625 e. The number of ether oxygens (including phenoxy) is 1. The topological polar surface area (TPSA) is 9.23 Å². The molecule has 0 aliphatic heterocycles. The van der Waals surface area contributed by atoms with E-state index in [4.69, 9.17) is 4.74 Å². The summed E-state index contributed by atoms with van der Waals surface area (Å²) in [6.07, 6.45) is 9.05. The van der Waals surface area contributed by atoms with Crippen LogP contribution < -0.4 is 0 Å². The van der Waals surface area contributed by atoms with E-state index in [1.807, 2.05) is 7.11 Å². The fourth-order valence-corrected chi connectivity index (χ4v) is 2.86. The highest BCUT2D eigenvalue weighted by Crippen LogP contribution is 2.27. The Morgan fingerprint density at radius 3 is 2.35 bits per heavy atom. The molecule has 20 heavy (non-hydrogen) atoms. The van der Waals surface area contributed by atoms with E-state index < -0.39 is 0 Å². The molecule has 1 aromatic rings. The third-order valence-electron chi connectivity index (χ3n) is 4.17. The number of unbranched alkanes of at least 4 members (excludes halogenated alkanes) is 3. The molecular weight excluding hydrogens is 244 g/mol. The molecule has 0 fully saturated rings.